The SMILES string of the molecule is CNC(=O)c1cc2ccc(N3CCCN(C)CC3)nc2n2c1nc1cc(F)c(F)cc12. The lowest BCUT2D eigenvalue weighted by Gasteiger charge is -2.22. The second kappa shape index (κ2) is 7.42. The van der Waals surface area contributed by atoms with E-state index >= 15 is 0 Å². The molecule has 9 heteroatoms. The fraction of sp³-hybridized carbons (Fsp3) is 0.318. The largest absolute Gasteiger partial charge is 0.355 e. The van der Waals surface area contributed by atoms with Crippen LogP contribution in [0.1, 0.15) is 16.8 Å². The van der Waals surface area contributed by atoms with E-state index in [0.29, 0.717) is 27.8 Å². The molecule has 0 radical (unpaired) electrons. The maximum Gasteiger partial charge on any atom is 0.254 e. The minimum atomic E-state index is -0.982. The van der Waals surface area contributed by atoms with Crippen LogP contribution in [0.25, 0.3) is 27.7 Å². The Kier molecular flexibility index (Phi) is 4.70. The van der Waals surface area contributed by atoms with Gasteiger partial charge >= 0.3 is 0 Å². The van der Waals surface area contributed by atoms with Gasteiger partial charge in [-0.15, -0.1) is 0 Å². The molecule has 1 fully saturated rings. The molecule has 1 aliphatic rings. The van der Waals surface area contributed by atoms with Gasteiger partial charge in [0.15, 0.2) is 17.3 Å². The van der Waals surface area contributed by atoms with Gasteiger partial charge in [0.05, 0.1) is 16.6 Å². The first kappa shape index (κ1) is 19.6. The van der Waals surface area contributed by atoms with Gasteiger partial charge in [0.25, 0.3) is 5.91 Å². The standard InChI is InChI=1S/C22H22F2N6O/c1-25-22(31)14-10-13-4-5-19(29-7-3-6-28(2)8-9-29)27-20(13)30-18-12-16(24)15(23)11-17(18)26-21(14)30/h4-5,10-12H,3,6-9H2,1-2H3,(H,25,31). The number of anilines is 1. The summed E-state index contributed by atoms with van der Waals surface area (Å²) in [5.41, 5.74) is 1.81. The molecule has 3 aromatic heterocycles. The van der Waals surface area contributed by atoms with Crippen molar-refractivity contribution in [2.24, 2.45) is 0 Å². The number of carbonyl (C=O) groups excluding carboxylic acids is 1. The summed E-state index contributed by atoms with van der Waals surface area (Å²) in [6, 6.07) is 7.71. The lowest BCUT2D eigenvalue weighted by atomic mass is 10.2. The maximum absolute atomic E-state index is 14.1. The number of hydrogen-bond donors (Lipinski definition) is 1. The number of hydrogen-bond acceptors (Lipinski definition) is 5. The Labute approximate surface area is 177 Å². The fourth-order valence-electron chi connectivity index (χ4n) is 4.18. The molecular weight excluding hydrogens is 402 g/mol. The summed E-state index contributed by atoms with van der Waals surface area (Å²) >= 11 is 0. The number of benzene rings is 1. The topological polar surface area (TPSA) is 65.8 Å². The summed E-state index contributed by atoms with van der Waals surface area (Å²) in [6.45, 7) is 3.69. The highest BCUT2D eigenvalue weighted by atomic mass is 19.2. The Morgan fingerprint density at radius 1 is 1.00 bits per heavy atom. The van der Waals surface area contributed by atoms with E-state index in [9.17, 15) is 13.6 Å². The van der Waals surface area contributed by atoms with E-state index in [4.69, 9.17) is 4.98 Å². The van der Waals surface area contributed by atoms with Crippen molar-refractivity contribution in [2.45, 2.75) is 6.42 Å². The summed E-state index contributed by atoms with van der Waals surface area (Å²) in [4.78, 5) is 26.3. The van der Waals surface area contributed by atoms with Crippen molar-refractivity contribution in [1.29, 1.82) is 0 Å². The van der Waals surface area contributed by atoms with Gasteiger partial charge in [0, 0.05) is 44.2 Å². The first-order valence-electron chi connectivity index (χ1n) is 10.2. The van der Waals surface area contributed by atoms with Crippen LogP contribution in [0.2, 0.25) is 0 Å². The minimum absolute atomic E-state index is 0.264. The molecule has 7 nitrogen and oxygen atoms in total. The van der Waals surface area contributed by atoms with E-state index in [1.165, 1.54) is 7.05 Å². The van der Waals surface area contributed by atoms with Crippen LogP contribution in [0, 0.1) is 11.6 Å². The predicted molar refractivity (Wildman–Crippen MR) is 116 cm³/mol. The Bertz CT molecular complexity index is 1330. The summed E-state index contributed by atoms with van der Waals surface area (Å²) in [5.74, 6) is -1.48. The molecule has 0 bridgehead atoms. The number of pyridine rings is 2. The lowest BCUT2D eigenvalue weighted by Crippen LogP contribution is -2.29. The number of carbonyl (C=O) groups is 1. The molecule has 1 saturated heterocycles. The molecule has 0 atom stereocenters. The highest BCUT2D eigenvalue weighted by Gasteiger charge is 2.21. The van der Waals surface area contributed by atoms with E-state index in [-0.39, 0.29) is 11.4 Å². The van der Waals surface area contributed by atoms with Crippen LogP contribution in [-0.2, 0) is 0 Å². The molecule has 0 spiro atoms. The Hall–Kier alpha value is -3.33. The van der Waals surface area contributed by atoms with Crippen LogP contribution in [0.15, 0.2) is 30.3 Å². The quantitative estimate of drug-likeness (QED) is 0.536. The molecule has 5 rings (SSSR count). The van der Waals surface area contributed by atoms with Crippen molar-refractivity contribution in [1.82, 2.24) is 24.6 Å². The van der Waals surface area contributed by atoms with Crippen molar-refractivity contribution >= 4 is 39.4 Å². The maximum atomic E-state index is 14.1. The molecule has 160 valence electrons. The number of aromatic nitrogens is 3. The first-order chi connectivity index (χ1) is 15.0. The number of nitrogens with one attached hydrogen (secondary N) is 1. The van der Waals surface area contributed by atoms with Gasteiger partial charge in [-0.1, -0.05) is 0 Å². The molecule has 4 aromatic rings. The summed E-state index contributed by atoms with van der Waals surface area (Å²) < 4.78 is 29.6. The molecule has 0 saturated carbocycles. The zero-order valence-corrected chi connectivity index (χ0v) is 17.3. The van der Waals surface area contributed by atoms with Crippen molar-refractivity contribution in [3.63, 3.8) is 0 Å². The predicted octanol–water partition coefficient (Wildman–Crippen LogP) is 2.82. The molecule has 1 aromatic carbocycles. The zero-order valence-electron chi connectivity index (χ0n) is 17.3. The van der Waals surface area contributed by atoms with Gasteiger partial charge < -0.3 is 15.1 Å². The number of imidazole rings is 1. The van der Waals surface area contributed by atoms with E-state index in [0.717, 1.165) is 50.6 Å². The highest BCUT2D eigenvalue weighted by Crippen LogP contribution is 2.28. The molecular formula is C22H22F2N6O. The molecule has 1 aliphatic heterocycles. The Morgan fingerprint density at radius 3 is 2.61 bits per heavy atom. The lowest BCUT2D eigenvalue weighted by molar-refractivity contribution is 0.0964. The van der Waals surface area contributed by atoms with E-state index in [2.05, 4.69) is 27.1 Å². The Morgan fingerprint density at radius 2 is 1.81 bits per heavy atom. The van der Waals surface area contributed by atoms with Crippen molar-refractivity contribution in [2.75, 3.05) is 45.2 Å². The summed E-state index contributed by atoms with van der Waals surface area (Å²) in [5, 5.41) is 3.32. The normalized spacial score (nSPS) is 15.7. The van der Waals surface area contributed by atoms with Crippen LogP contribution in [-0.4, -0.2) is 65.5 Å². The van der Waals surface area contributed by atoms with Gasteiger partial charge in [-0.3, -0.25) is 9.20 Å². The van der Waals surface area contributed by atoms with Crippen LogP contribution < -0.4 is 10.2 Å². The molecule has 0 aliphatic carbocycles. The summed E-state index contributed by atoms with van der Waals surface area (Å²) in [6.07, 6.45) is 1.03. The average molecular weight is 424 g/mol. The smallest absolute Gasteiger partial charge is 0.254 e. The minimum Gasteiger partial charge on any atom is -0.355 e. The first-order valence-corrected chi connectivity index (χ1v) is 10.2. The molecule has 1 amide bonds. The highest BCUT2D eigenvalue weighted by molar-refractivity contribution is 6.05. The van der Waals surface area contributed by atoms with Crippen LogP contribution in [0.3, 0.4) is 0 Å². The number of rotatable bonds is 2. The van der Waals surface area contributed by atoms with Gasteiger partial charge in [-0.25, -0.2) is 18.7 Å². The van der Waals surface area contributed by atoms with Crippen LogP contribution in [0.4, 0.5) is 14.6 Å². The summed E-state index contributed by atoms with van der Waals surface area (Å²) in [7, 11) is 3.63. The number of fused-ring (bicyclic) bond motifs is 5. The number of amides is 1. The molecule has 4 heterocycles. The second-order valence-corrected chi connectivity index (χ2v) is 7.89. The van der Waals surface area contributed by atoms with Crippen LogP contribution >= 0.6 is 0 Å². The zero-order chi connectivity index (χ0) is 21.7. The molecule has 31 heavy (non-hydrogen) atoms. The van der Waals surface area contributed by atoms with E-state index < -0.39 is 11.6 Å². The number of halogens is 2. The van der Waals surface area contributed by atoms with Crippen molar-refractivity contribution in [3.05, 3.63) is 47.5 Å². The van der Waals surface area contributed by atoms with Crippen molar-refractivity contribution in [3.8, 4) is 0 Å². The third-order valence-electron chi connectivity index (χ3n) is 5.85. The average Bonchev–Trinajstić information content (AvgIpc) is 2.98. The van der Waals surface area contributed by atoms with Gasteiger partial charge in [-0.05, 0) is 38.2 Å². The fourth-order valence-corrected chi connectivity index (χ4v) is 4.18. The molecule has 0 unspecified atom stereocenters. The van der Waals surface area contributed by atoms with E-state index in [1.807, 2.05) is 12.1 Å². The monoisotopic (exact) mass is 424 g/mol. The Balaban J connectivity index is 1.79. The van der Waals surface area contributed by atoms with Gasteiger partial charge in [-0.2, -0.15) is 0 Å². The van der Waals surface area contributed by atoms with Crippen LogP contribution in [0.5, 0.6) is 0 Å². The third-order valence-corrected chi connectivity index (χ3v) is 5.85. The van der Waals surface area contributed by atoms with Crippen molar-refractivity contribution < 1.29 is 13.6 Å². The van der Waals surface area contributed by atoms with Gasteiger partial charge in [0.2, 0.25) is 0 Å². The second-order valence-electron chi connectivity index (χ2n) is 7.89. The molecule has 1 N–H and O–H groups in total. The van der Waals surface area contributed by atoms with E-state index in [1.54, 1.807) is 10.5 Å². The number of nitrogens with zero attached hydrogens (tertiary/aromatic N) is 5. The number of likely N-dealkylation sites (N-methyl/N-ethyl adjacent to an activating group) is 1. The third kappa shape index (κ3) is 3.25. The van der Waals surface area contributed by atoms with Gasteiger partial charge in [0.1, 0.15) is 11.5 Å².